The Morgan fingerprint density at radius 2 is 1.86 bits per heavy atom. The Balaban J connectivity index is 1.53. The summed E-state index contributed by atoms with van der Waals surface area (Å²) in [4.78, 5) is 16.8. The molecule has 0 fully saturated rings. The van der Waals surface area contributed by atoms with Crippen molar-refractivity contribution in [3.05, 3.63) is 70.7 Å². The van der Waals surface area contributed by atoms with Crippen LogP contribution in [0.1, 0.15) is 16.0 Å². The van der Waals surface area contributed by atoms with Gasteiger partial charge in [0.1, 0.15) is 11.5 Å². The number of carbonyl (C=O) groups is 1. The van der Waals surface area contributed by atoms with Gasteiger partial charge in [-0.05, 0) is 35.9 Å². The zero-order valence-electron chi connectivity index (χ0n) is 15.3. The number of aromatic nitrogens is 1. The Labute approximate surface area is 169 Å². The number of rotatable bonds is 7. The van der Waals surface area contributed by atoms with Crippen LogP contribution in [0.25, 0.3) is 0 Å². The van der Waals surface area contributed by atoms with Crippen LogP contribution in [-0.4, -0.2) is 24.6 Å². The average molecular weight is 422 g/mol. The minimum absolute atomic E-state index is 0.200. The quantitative estimate of drug-likeness (QED) is 0.595. The number of amides is 1. The van der Waals surface area contributed by atoms with E-state index in [1.54, 1.807) is 37.4 Å². The van der Waals surface area contributed by atoms with E-state index in [-0.39, 0.29) is 12.5 Å². The molecule has 1 heterocycles. The summed E-state index contributed by atoms with van der Waals surface area (Å²) >= 11 is 1.20. The van der Waals surface area contributed by atoms with E-state index in [1.165, 1.54) is 23.6 Å². The van der Waals surface area contributed by atoms with Crippen molar-refractivity contribution in [1.82, 2.24) is 4.98 Å². The van der Waals surface area contributed by atoms with Gasteiger partial charge in [-0.25, -0.2) is 4.98 Å². The fraction of sp³-hybridized carbons (Fsp3) is 0.200. The molecular formula is C20H17F3N2O3S. The van der Waals surface area contributed by atoms with Crippen LogP contribution in [0.15, 0.2) is 54.7 Å². The van der Waals surface area contributed by atoms with E-state index < -0.39 is 11.7 Å². The van der Waals surface area contributed by atoms with E-state index in [2.05, 4.69) is 10.3 Å². The lowest BCUT2D eigenvalue weighted by atomic mass is 10.1. The molecule has 0 atom stereocenters. The number of anilines is 1. The van der Waals surface area contributed by atoms with Gasteiger partial charge in [-0.3, -0.25) is 10.1 Å². The van der Waals surface area contributed by atoms with Gasteiger partial charge in [-0.1, -0.05) is 18.2 Å². The Morgan fingerprint density at radius 3 is 2.55 bits per heavy atom. The second-order valence-electron chi connectivity index (χ2n) is 6.02. The molecule has 0 aliphatic heterocycles. The average Bonchev–Trinajstić information content (AvgIpc) is 3.13. The smallest absolute Gasteiger partial charge is 0.416 e. The summed E-state index contributed by atoms with van der Waals surface area (Å²) in [6, 6.07) is 11.9. The molecule has 0 saturated heterocycles. The highest BCUT2D eigenvalue weighted by Gasteiger charge is 2.30. The predicted molar refractivity (Wildman–Crippen MR) is 103 cm³/mol. The third-order valence-corrected chi connectivity index (χ3v) is 4.77. The first kappa shape index (κ1) is 20.7. The molecule has 1 aromatic heterocycles. The number of thiazole rings is 1. The first-order chi connectivity index (χ1) is 13.8. The summed E-state index contributed by atoms with van der Waals surface area (Å²) in [5.41, 5.74) is -0.173. The maximum absolute atomic E-state index is 12.8. The lowest BCUT2D eigenvalue weighted by Gasteiger charge is -2.08. The summed E-state index contributed by atoms with van der Waals surface area (Å²) in [6.45, 7) is -0.200. The maximum atomic E-state index is 12.8. The van der Waals surface area contributed by atoms with E-state index in [4.69, 9.17) is 9.47 Å². The standard InChI is InChI=1S/C20H17F3N2O3S/c1-27-15-5-7-16(8-6-15)28-12-18(26)25-19-24-11-17(29-19)10-13-3-2-4-14(9-13)20(21,22)23/h2-9,11H,10,12H2,1H3,(H,24,25,26). The van der Waals surface area contributed by atoms with Crippen molar-refractivity contribution in [3.63, 3.8) is 0 Å². The van der Waals surface area contributed by atoms with Crippen LogP contribution >= 0.6 is 11.3 Å². The van der Waals surface area contributed by atoms with Crippen LogP contribution in [0.5, 0.6) is 11.5 Å². The molecule has 5 nitrogen and oxygen atoms in total. The van der Waals surface area contributed by atoms with E-state index in [0.29, 0.717) is 28.6 Å². The number of carbonyl (C=O) groups excluding carboxylic acids is 1. The summed E-state index contributed by atoms with van der Waals surface area (Å²) in [7, 11) is 1.55. The van der Waals surface area contributed by atoms with Crippen molar-refractivity contribution >= 4 is 22.4 Å². The predicted octanol–water partition coefficient (Wildman–Crippen LogP) is 4.78. The highest BCUT2D eigenvalue weighted by Crippen LogP contribution is 2.30. The van der Waals surface area contributed by atoms with Crippen molar-refractivity contribution in [3.8, 4) is 11.5 Å². The van der Waals surface area contributed by atoms with Gasteiger partial charge in [0.25, 0.3) is 5.91 Å². The van der Waals surface area contributed by atoms with Crippen LogP contribution in [0.3, 0.4) is 0 Å². The van der Waals surface area contributed by atoms with Crippen LogP contribution in [0.2, 0.25) is 0 Å². The van der Waals surface area contributed by atoms with Gasteiger partial charge in [-0.2, -0.15) is 13.2 Å². The lowest BCUT2D eigenvalue weighted by Crippen LogP contribution is -2.19. The zero-order valence-corrected chi connectivity index (χ0v) is 16.1. The molecule has 0 aliphatic carbocycles. The highest BCUT2D eigenvalue weighted by atomic mass is 32.1. The van der Waals surface area contributed by atoms with Gasteiger partial charge in [0, 0.05) is 17.5 Å². The molecule has 0 unspecified atom stereocenters. The van der Waals surface area contributed by atoms with Crippen molar-refractivity contribution < 1.29 is 27.4 Å². The summed E-state index contributed by atoms with van der Waals surface area (Å²) in [5.74, 6) is 0.809. The van der Waals surface area contributed by atoms with E-state index in [0.717, 1.165) is 17.0 Å². The third-order valence-electron chi connectivity index (χ3n) is 3.86. The largest absolute Gasteiger partial charge is 0.497 e. The number of nitrogens with one attached hydrogen (secondary N) is 1. The lowest BCUT2D eigenvalue weighted by molar-refractivity contribution is -0.137. The van der Waals surface area contributed by atoms with Gasteiger partial charge in [0.15, 0.2) is 11.7 Å². The fourth-order valence-corrected chi connectivity index (χ4v) is 3.34. The summed E-state index contributed by atoms with van der Waals surface area (Å²) < 4.78 is 48.9. The number of nitrogens with zero attached hydrogens (tertiary/aromatic N) is 1. The van der Waals surface area contributed by atoms with Gasteiger partial charge < -0.3 is 9.47 Å². The topological polar surface area (TPSA) is 60.5 Å². The Bertz CT molecular complexity index is 972. The SMILES string of the molecule is COc1ccc(OCC(=O)Nc2ncc(Cc3cccc(C(F)(F)F)c3)s2)cc1. The normalized spacial score (nSPS) is 11.2. The molecule has 3 aromatic rings. The van der Waals surface area contributed by atoms with Crippen molar-refractivity contribution in [1.29, 1.82) is 0 Å². The minimum atomic E-state index is -4.38. The van der Waals surface area contributed by atoms with Crippen molar-refractivity contribution in [2.45, 2.75) is 12.6 Å². The summed E-state index contributed by atoms with van der Waals surface area (Å²) in [5, 5.41) is 2.97. The number of hydrogen-bond acceptors (Lipinski definition) is 5. The molecule has 9 heteroatoms. The van der Waals surface area contributed by atoms with E-state index in [1.807, 2.05) is 0 Å². The Kier molecular flexibility index (Phi) is 6.38. The van der Waals surface area contributed by atoms with Crippen LogP contribution < -0.4 is 14.8 Å². The minimum Gasteiger partial charge on any atom is -0.497 e. The number of halogens is 3. The molecule has 0 spiro atoms. The number of methoxy groups -OCH3 is 1. The molecule has 0 radical (unpaired) electrons. The third kappa shape index (κ3) is 5.95. The Morgan fingerprint density at radius 1 is 1.14 bits per heavy atom. The monoisotopic (exact) mass is 422 g/mol. The second-order valence-corrected chi connectivity index (χ2v) is 7.13. The molecular weight excluding hydrogens is 405 g/mol. The highest BCUT2D eigenvalue weighted by molar-refractivity contribution is 7.15. The maximum Gasteiger partial charge on any atom is 0.416 e. The van der Waals surface area contributed by atoms with E-state index in [9.17, 15) is 18.0 Å². The first-order valence-electron chi connectivity index (χ1n) is 8.51. The van der Waals surface area contributed by atoms with Crippen LogP contribution in [0.4, 0.5) is 18.3 Å². The van der Waals surface area contributed by atoms with E-state index >= 15 is 0 Å². The number of benzene rings is 2. The second kappa shape index (κ2) is 8.95. The van der Waals surface area contributed by atoms with Gasteiger partial charge in [0.05, 0.1) is 12.7 Å². The first-order valence-corrected chi connectivity index (χ1v) is 9.32. The number of alkyl halides is 3. The molecule has 0 bridgehead atoms. The molecule has 152 valence electrons. The molecule has 1 N–H and O–H groups in total. The van der Waals surface area contributed by atoms with Gasteiger partial charge >= 0.3 is 6.18 Å². The molecule has 0 saturated carbocycles. The molecule has 0 aliphatic rings. The zero-order chi connectivity index (χ0) is 20.9. The van der Waals surface area contributed by atoms with Crippen LogP contribution in [0, 0.1) is 0 Å². The molecule has 1 amide bonds. The molecule has 29 heavy (non-hydrogen) atoms. The van der Waals surface area contributed by atoms with Crippen molar-refractivity contribution in [2.24, 2.45) is 0 Å². The number of hydrogen-bond donors (Lipinski definition) is 1. The molecule has 3 rings (SSSR count). The van der Waals surface area contributed by atoms with Crippen molar-refractivity contribution in [2.75, 3.05) is 19.0 Å². The molecule has 2 aromatic carbocycles. The Hall–Kier alpha value is -3.07. The van der Waals surface area contributed by atoms with Gasteiger partial charge in [-0.15, -0.1) is 11.3 Å². The fourth-order valence-electron chi connectivity index (χ4n) is 2.48. The van der Waals surface area contributed by atoms with Gasteiger partial charge in [0.2, 0.25) is 0 Å². The summed E-state index contributed by atoms with van der Waals surface area (Å²) in [6.07, 6.45) is -2.56. The number of ether oxygens (including phenoxy) is 2. The van der Waals surface area contributed by atoms with Crippen LogP contribution in [-0.2, 0) is 17.4 Å².